The smallest absolute Gasteiger partial charge is 0.340 e. The van der Waals surface area contributed by atoms with Gasteiger partial charge in [-0.15, -0.1) is 0 Å². The highest BCUT2D eigenvalue weighted by Crippen LogP contribution is 2.37. The highest BCUT2D eigenvalue weighted by atomic mass is 16.6. The summed E-state index contributed by atoms with van der Waals surface area (Å²) in [6.45, 7) is 8.25. The minimum atomic E-state index is -0.908. The Morgan fingerprint density at radius 2 is 1.91 bits per heavy atom. The summed E-state index contributed by atoms with van der Waals surface area (Å²) in [7, 11) is 0. The first kappa shape index (κ1) is 23.4. The Bertz CT molecular complexity index is 1070. The molecule has 1 saturated heterocycles. The minimum absolute atomic E-state index is 0.208. The van der Waals surface area contributed by atoms with Crippen LogP contribution >= 0.6 is 0 Å². The molecule has 33 heavy (non-hydrogen) atoms. The van der Waals surface area contributed by atoms with Crippen molar-refractivity contribution in [3.63, 3.8) is 0 Å². The predicted octanol–water partition coefficient (Wildman–Crippen LogP) is 4.13. The van der Waals surface area contributed by atoms with E-state index in [4.69, 9.17) is 9.47 Å². The molecule has 2 atom stereocenters. The maximum Gasteiger partial charge on any atom is 0.340 e. The molecule has 0 spiro atoms. The Morgan fingerprint density at radius 1 is 1.18 bits per heavy atom. The number of rotatable bonds is 8. The van der Waals surface area contributed by atoms with Crippen molar-refractivity contribution >= 4 is 11.5 Å². The van der Waals surface area contributed by atoms with Gasteiger partial charge in [0.25, 0.3) is 0 Å². The van der Waals surface area contributed by atoms with Gasteiger partial charge in [0.15, 0.2) is 0 Å². The fraction of sp³-hybridized carbons (Fsp3) is 0.462. The van der Waals surface area contributed by atoms with Crippen molar-refractivity contribution in [2.75, 3.05) is 19.7 Å². The van der Waals surface area contributed by atoms with Gasteiger partial charge in [-0.3, -0.25) is 4.90 Å². The number of aliphatic hydroxyl groups is 1. The minimum Gasteiger partial charge on any atom is -0.462 e. The van der Waals surface area contributed by atoms with Gasteiger partial charge >= 0.3 is 5.97 Å². The number of piperidine rings is 1. The molecule has 3 aromatic rings. The van der Waals surface area contributed by atoms with Crippen LogP contribution in [0.4, 0.5) is 0 Å². The number of esters is 1. The second kappa shape index (κ2) is 10.5. The highest BCUT2D eigenvalue weighted by Gasteiger charge is 2.32. The van der Waals surface area contributed by atoms with E-state index in [-0.39, 0.29) is 11.9 Å². The van der Waals surface area contributed by atoms with E-state index in [0.29, 0.717) is 24.7 Å². The predicted molar refractivity (Wildman–Crippen MR) is 126 cm³/mol. The van der Waals surface area contributed by atoms with Gasteiger partial charge in [-0.25, -0.2) is 9.31 Å². The Morgan fingerprint density at radius 3 is 2.61 bits per heavy atom. The van der Waals surface area contributed by atoms with Crippen molar-refractivity contribution in [1.82, 2.24) is 14.5 Å². The van der Waals surface area contributed by atoms with E-state index in [1.807, 2.05) is 65.7 Å². The highest BCUT2D eigenvalue weighted by molar-refractivity contribution is 5.99. The molecule has 0 amide bonds. The molecule has 0 aliphatic carbocycles. The SMILES string of the molecule is CCOC(=O)c1c(C)c(C(C)C2CCN(C(O)OCc3ccccc3)CC2)n2ncccc12. The monoisotopic (exact) mass is 451 g/mol. The molecule has 1 aliphatic heterocycles. The van der Waals surface area contributed by atoms with E-state index in [0.717, 1.165) is 48.3 Å². The lowest BCUT2D eigenvalue weighted by Crippen LogP contribution is -2.43. The molecule has 7 nitrogen and oxygen atoms in total. The van der Waals surface area contributed by atoms with Crippen LogP contribution < -0.4 is 0 Å². The fourth-order valence-corrected chi connectivity index (χ4v) is 4.94. The number of hydrogen-bond donors (Lipinski definition) is 1. The number of likely N-dealkylation sites (tertiary alicyclic amines) is 1. The number of benzene rings is 1. The summed E-state index contributed by atoms with van der Waals surface area (Å²) in [5.41, 5.74) is 4.44. The van der Waals surface area contributed by atoms with Crippen LogP contribution in [0, 0.1) is 12.8 Å². The number of fused-ring (bicyclic) bond motifs is 1. The number of aromatic nitrogens is 2. The van der Waals surface area contributed by atoms with E-state index in [9.17, 15) is 9.90 Å². The number of nitrogens with zero attached hydrogens (tertiary/aromatic N) is 3. The number of carbonyl (C=O) groups excluding carboxylic acids is 1. The average Bonchev–Trinajstić information content (AvgIpc) is 3.14. The third-order valence-electron chi connectivity index (χ3n) is 6.74. The lowest BCUT2D eigenvalue weighted by molar-refractivity contribution is -0.206. The first-order valence-corrected chi connectivity index (χ1v) is 11.7. The number of aliphatic hydroxyl groups excluding tert-OH is 1. The molecule has 1 aliphatic rings. The molecule has 2 unspecified atom stereocenters. The summed E-state index contributed by atoms with van der Waals surface area (Å²) in [6, 6.07) is 13.6. The van der Waals surface area contributed by atoms with Gasteiger partial charge in [0, 0.05) is 30.9 Å². The Labute approximate surface area is 194 Å². The summed E-state index contributed by atoms with van der Waals surface area (Å²) in [5.74, 6) is 0.323. The van der Waals surface area contributed by atoms with Crippen molar-refractivity contribution in [3.05, 3.63) is 71.0 Å². The van der Waals surface area contributed by atoms with E-state index < -0.39 is 6.41 Å². The largest absolute Gasteiger partial charge is 0.462 e. The van der Waals surface area contributed by atoms with E-state index in [1.165, 1.54) is 0 Å². The molecule has 2 aromatic heterocycles. The Hall–Kier alpha value is -2.74. The third-order valence-corrected chi connectivity index (χ3v) is 6.74. The summed E-state index contributed by atoms with van der Waals surface area (Å²) in [4.78, 5) is 14.6. The first-order valence-electron chi connectivity index (χ1n) is 11.7. The number of ether oxygens (including phenoxy) is 2. The topological polar surface area (TPSA) is 76.3 Å². The summed E-state index contributed by atoms with van der Waals surface area (Å²) in [5, 5.41) is 15.1. The standard InChI is InChI=1S/C26H33N3O4/c1-4-32-25(30)23-19(3)24(29-22(23)11-8-14-27-29)18(2)21-12-15-28(16-13-21)26(31)33-17-20-9-6-5-7-10-20/h5-11,14,18,21,26,31H,4,12-13,15-17H2,1-3H3. The molecule has 176 valence electrons. The normalized spacial score (nSPS) is 17.2. The molecular weight excluding hydrogens is 418 g/mol. The van der Waals surface area contributed by atoms with Gasteiger partial charge in [0.2, 0.25) is 6.41 Å². The van der Waals surface area contributed by atoms with Crippen molar-refractivity contribution < 1.29 is 19.4 Å². The van der Waals surface area contributed by atoms with Crippen LogP contribution in [0.25, 0.3) is 5.52 Å². The molecule has 4 rings (SSSR count). The van der Waals surface area contributed by atoms with Crippen LogP contribution in [0.5, 0.6) is 0 Å². The maximum atomic E-state index is 12.7. The number of carbonyl (C=O) groups is 1. The molecule has 0 saturated carbocycles. The van der Waals surface area contributed by atoms with Crippen molar-refractivity contribution in [3.8, 4) is 0 Å². The van der Waals surface area contributed by atoms with Crippen LogP contribution in [0.3, 0.4) is 0 Å². The molecule has 1 aromatic carbocycles. The lowest BCUT2D eigenvalue weighted by Gasteiger charge is -2.37. The summed E-state index contributed by atoms with van der Waals surface area (Å²) in [6.07, 6.45) is 2.71. The molecule has 1 N–H and O–H groups in total. The summed E-state index contributed by atoms with van der Waals surface area (Å²) < 4.78 is 12.9. The zero-order valence-corrected chi connectivity index (χ0v) is 19.6. The van der Waals surface area contributed by atoms with Crippen LogP contribution in [-0.4, -0.2) is 51.7 Å². The third kappa shape index (κ3) is 4.95. The number of hydrogen-bond acceptors (Lipinski definition) is 6. The fourth-order valence-electron chi connectivity index (χ4n) is 4.94. The van der Waals surface area contributed by atoms with Gasteiger partial charge in [-0.2, -0.15) is 5.10 Å². The van der Waals surface area contributed by atoms with Crippen molar-refractivity contribution in [2.24, 2.45) is 5.92 Å². The molecule has 0 bridgehead atoms. The van der Waals surface area contributed by atoms with Gasteiger partial charge in [-0.05, 0) is 55.9 Å². The molecule has 3 heterocycles. The second-order valence-corrected chi connectivity index (χ2v) is 8.71. The zero-order valence-electron chi connectivity index (χ0n) is 19.6. The maximum absolute atomic E-state index is 12.7. The van der Waals surface area contributed by atoms with Crippen LogP contribution in [-0.2, 0) is 16.1 Å². The van der Waals surface area contributed by atoms with Gasteiger partial charge < -0.3 is 14.6 Å². The van der Waals surface area contributed by atoms with Crippen molar-refractivity contribution in [2.45, 2.75) is 52.6 Å². The van der Waals surface area contributed by atoms with Crippen LogP contribution in [0.1, 0.15) is 59.8 Å². The molecule has 0 radical (unpaired) electrons. The van der Waals surface area contributed by atoms with Crippen LogP contribution in [0.15, 0.2) is 48.7 Å². The molecular formula is C26H33N3O4. The first-order chi connectivity index (χ1) is 16.0. The molecule has 7 heteroatoms. The zero-order chi connectivity index (χ0) is 23.4. The lowest BCUT2D eigenvalue weighted by atomic mass is 9.82. The van der Waals surface area contributed by atoms with E-state index in [1.54, 1.807) is 6.20 Å². The Balaban J connectivity index is 1.44. The average molecular weight is 452 g/mol. The van der Waals surface area contributed by atoms with Crippen LogP contribution in [0.2, 0.25) is 0 Å². The summed E-state index contributed by atoms with van der Waals surface area (Å²) >= 11 is 0. The quantitative estimate of drug-likeness (QED) is 0.410. The van der Waals surface area contributed by atoms with Gasteiger partial charge in [0.05, 0.1) is 24.3 Å². The van der Waals surface area contributed by atoms with Gasteiger partial charge in [-0.1, -0.05) is 37.3 Å². The van der Waals surface area contributed by atoms with Crippen molar-refractivity contribution in [1.29, 1.82) is 0 Å². The van der Waals surface area contributed by atoms with E-state index in [2.05, 4.69) is 12.0 Å². The van der Waals surface area contributed by atoms with Gasteiger partial charge in [0.1, 0.15) is 0 Å². The molecule has 1 fully saturated rings. The second-order valence-electron chi connectivity index (χ2n) is 8.71. The van der Waals surface area contributed by atoms with E-state index >= 15 is 0 Å². The Kier molecular flexibility index (Phi) is 7.42.